The quantitative estimate of drug-likeness (QED) is 0.548. The number of hydrogen-bond donors (Lipinski definition) is 2. The second-order valence-electron chi connectivity index (χ2n) is 5.35. The number of non-ortho nitro benzene ring substituents is 1. The zero-order valence-corrected chi connectivity index (χ0v) is 13.6. The molecule has 0 unspecified atom stereocenters. The lowest BCUT2D eigenvalue weighted by molar-refractivity contribution is -0.385. The molecule has 0 spiro atoms. The number of H-pyrrole nitrogens is 1. The first-order chi connectivity index (χ1) is 11.4. The highest BCUT2D eigenvalue weighted by Gasteiger charge is 2.18. The van der Waals surface area contributed by atoms with Gasteiger partial charge in [-0.1, -0.05) is 24.3 Å². The molecule has 0 amide bonds. The van der Waals surface area contributed by atoms with E-state index in [4.69, 9.17) is 0 Å². The number of nitro groups is 1. The van der Waals surface area contributed by atoms with Crippen molar-refractivity contribution in [2.75, 3.05) is 0 Å². The smallest absolute Gasteiger partial charge is 0.270 e. The topological polar surface area (TPSA) is 105 Å². The van der Waals surface area contributed by atoms with Crippen LogP contribution in [0.25, 0.3) is 10.9 Å². The summed E-state index contributed by atoms with van der Waals surface area (Å²) in [6.07, 6.45) is 0. The Bertz CT molecular complexity index is 1020. The van der Waals surface area contributed by atoms with Crippen molar-refractivity contribution in [3.05, 3.63) is 69.9 Å². The van der Waals surface area contributed by atoms with Crippen LogP contribution < -0.4 is 4.72 Å². The van der Waals surface area contributed by atoms with E-state index in [9.17, 15) is 18.5 Å². The molecule has 2 N–H and O–H groups in total. The lowest BCUT2D eigenvalue weighted by atomic mass is 10.1. The highest BCUT2D eigenvalue weighted by atomic mass is 32.2. The molecule has 0 fully saturated rings. The van der Waals surface area contributed by atoms with Crippen LogP contribution in [0.4, 0.5) is 5.69 Å². The predicted octanol–water partition coefficient (Wildman–Crippen LogP) is 2.86. The SMILES string of the molecule is Cc1[nH]c2ccccc2c1CNS(=O)(=O)c1cccc([N+](=O)[O-])c1. The van der Waals surface area contributed by atoms with Crippen LogP contribution in [-0.2, 0) is 16.6 Å². The van der Waals surface area contributed by atoms with Crippen LogP contribution in [0.15, 0.2) is 53.4 Å². The molecule has 2 aromatic carbocycles. The number of nitrogens with zero attached hydrogens (tertiary/aromatic N) is 1. The van der Waals surface area contributed by atoms with E-state index in [1.54, 1.807) is 0 Å². The molecule has 7 nitrogen and oxygen atoms in total. The molecule has 0 atom stereocenters. The number of aromatic amines is 1. The zero-order valence-electron chi connectivity index (χ0n) is 12.8. The molecular weight excluding hydrogens is 330 g/mol. The average Bonchev–Trinajstić information content (AvgIpc) is 2.88. The van der Waals surface area contributed by atoms with Gasteiger partial charge in [-0.3, -0.25) is 10.1 Å². The monoisotopic (exact) mass is 345 g/mol. The molecule has 0 radical (unpaired) electrons. The number of fused-ring (bicyclic) bond motifs is 1. The molecule has 24 heavy (non-hydrogen) atoms. The third-order valence-corrected chi connectivity index (χ3v) is 5.20. The van der Waals surface area contributed by atoms with E-state index in [1.807, 2.05) is 31.2 Å². The number of benzene rings is 2. The molecule has 1 heterocycles. The van der Waals surface area contributed by atoms with Crippen molar-refractivity contribution in [3.8, 4) is 0 Å². The Morgan fingerprint density at radius 1 is 1.17 bits per heavy atom. The second kappa shape index (κ2) is 6.06. The van der Waals surface area contributed by atoms with Gasteiger partial charge in [0.15, 0.2) is 0 Å². The fraction of sp³-hybridized carbons (Fsp3) is 0.125. The van der Waals surface area contributed by atoms with Crippen LogP contribution in [-0.4, -0.2) is 18.3 Å². The second-order valence-corrected chi connectivity index (χ2v) is 7.12. The van der Waals surface area contributed by atoms with Crippen molar-refractivity contribution in [1.29, 1.82) is 0 Å². The third-order valence-electron chi connectivity index (χ3n) is 3.80. The largest absolute Gasteiger partial charge is 0.358 e. The number of sulfonamides is 1. The molecular formula is C16H15N3O4S. The molecule has 0 aliphatic heterocycles. The van der Waals surface area contributed by atoms with Gasteiger partial charge in [-0.15, -0.1) is 0 Å². The van der Waals surface area contributed by atoms with Gasteiger partial charge in [0, 0.05) is 35.3 Å². The molecule has 3 aromatic rings. The summed E-state index contributed by atoms with van der Waals surface area (Å²) in [6, 6.07) is 12.6. The number of nitrogens with one attached hydrogen (secondary N) is 2. The number of para-hydroxylation sites is 1. The van der Waals surface area contributed by atoms with Gasteiger partial charge in [-0.25, -0.2) is 13.1 Å². The van der Waals surface area contributed by atoms with Gasteiger partial charge in [-0.2, -0.15) is 0 Å². The van der Waals surface area contributed by atoms with Crippen LogP contribution in [0.2, 0.25) is 0 Å². The number of rotatable bonds is 5. The Hall–Kier alpha value is -2.71. The molecule has 0 bridgehead atoms. The molecule has 0 aliphatic rings. The summed E-state index contributed by atoms with van der Waals surface area (Å²) >= 11 is 0. The van der Waals surface area contributed by atoms with E-state index in [0.29, 0.717) is 0 Å². The first-order valence-electron chi connectivity index (χ1n) is 7.19. The maximum atomic E-state index is 12.4. The van der Waals surface area contributed by atoms with Crippen molar-refractivity contribution in [2.45, 2.75) is 18.4 Å². The predicted molar refractivity (Wildman–Crippen MR) is 90.2 cm³/mol. The number of nitro benzene ring substituents is 1. The highest BCUT2D eigenvalue weighted by Crippen LogP contribution is 2.23. The van der Waals surface area contributed by atoms with Crippen LogP contribution in [0.5, 0.6) is 0 Å². The van der Waals surface area contributed by atoms with Gasteiger partial charge in [0.05, 0.1) is 9.82 Å². The van der Waals surface area contributed by atoms with Crippen molar-refractivity contribution >= 4 is 26.6 Å². The number of aromatic nitrogens is 1. The van der Waals surface area contributed by atoms with Gasteiger partial charge < -0.3 is 4.98 Å². The van der Waals surface area contributed by atoms with Gasteiger partial charge in [0.25, 0.3) is 5.69 Å². The van der Waals surface area contributed by atoms with E-state index in [1.165, 1.54) is 18.2 Å². The lowest BCUT2D eigenvalue weighted by Gasteiger charge is -2.07. The van der Waals surface area contributed by atoms with E-state index >= 15 is 0 Å². The Kier molecular flexibility index (Phi) is 4.08. The van der Waals surface area contributed by atoms with Gasteiger partial charge in [0.2, 0.25) is 10.0 Å². The fourth-order valence-electron chi connectivity index (χ4n) is 2.58. The Morgan fingerprint density at radius 3 is 2.67 bits per heavy atom. The summed E-state index contributed by atoms with van der Waals surface area (Å²) in [5, 5.41) is 11.7. The summed E-state index contributed by atoms with van der Waals surface area (Å²) < 4.78 is 27.3. The first-order valence-corrected chi connectivity index (χ1v) is 8.67. The zero-order chi connectivity index (χ0) is 17.3. The minimum Gasteiger partial charge on any atom is -0.358 e. The third kappa shape index (κ3) is 3.01. The van der Waals surface area contributed by atoms with E-state index < -0.39 is 14.9 Å². The van der Waals surface area contributed by atoms with Gasteiger partial charge in [0.1, 0.15) is 0 Å². The van der Waals surface area contributed by atoms with E-state index in [2.05, 4.69) is 9.71 Å². The van der Waals surface area contributed by atoms with Crippen molar-refractivity contribution in [3.63, 3.8) is 0 Å². The molecule has 0 aliphatic carbocycles. The van der Waals surface area contributed by atoms with Gasteiger partial charge >= 0.3 is 0 Å². The number of aryl methyl sites for hydroxylation is 1. The van der Waals surface area contributed by atoms with E-state index in [0.717, 1.165) is 28.2 Å². The summed E-state index contributed by atoms with van der Waals surface area (Å²) in [4.78, 5) is 13.3. The minimum atomic E-state index is -3.85. The molecule has 3 rings (SSSR count). The Morgan fingerprint density at radius 2 is 1.92 bits per heavy atom. The standard InChI is InChI=1S/C16H15N3O4S/c1-11-15(14-7-2-3-8-16(14)18-11)10-17-24(22,23)13-6-4-5-12(9-13)19(20)21/h2-9,17-18H,10H2,1H3. The maximum absolute atomic E-state index is 12.4. The van der Waals surface area contributed by atoms with Crippen LogP contribution in [0.1, 0.15) is 11.3 Å². The maximum Gasteiger partial charge on any atom is 0.270 e. The Labute approximate surface area is 138 Å². The first kappa shape index (κ1) is 16.2. The van der Waals surface area contributed by atoms with Crippen LogP contribution in [0.3, 0.4) is 0 Å². The summed E-state index contributed by atoms with van der Waals surface area (Å²) in [7, 11) is -3.85. The molecule has 1 aromatic heterocycles. The summed E-state index contributed by atoms with van der Waals surface area (Å²) in [5.41, 5.74) is 2.39. The minimum absolute atomic E-state index is 0.0981. The molecule has 124 valence electrons. The summed E-state index contributed by atoms with van der Waals surface area (Å²) in [5.74, 6) is 0. The summed E-state index contributed by atoms with van der Waals surface area (Å²) in [6.45, 7) is 1.97. The van der Waals surface area contributed by atoms with Crippen molar-refractivity contribution in [2.24, 2.45) is 0 Å². The molecule has 0 saturated heterocycles. The van der Waals surface area contributed by atoms with Crippen LogP contribution in [0, 0.1) is 17.0 Å². The highest BCUT2D eigenvalue weighted by molar-refractivity contribution is 7.89. The van der Waals surface area contributed by atoms with Crippen molar-refractivity contribution < 1.29 is 13.3 Å². The lowest BCUT2D eigenvalue weighted by Crippen LogP contribution is -2.23. The number of hydrogen-bond acceptors (Lipinski definition) is 4. The van der Waals surface area contributed by atoms with Crippen molar-refractivity contribution in [1.82, 2.24) is 9.71 Å². The van der Waals surface area contributed by atoms with Gasteiger partial charge in [-0.05, 0) is 24.6 Å². The Balaban J connectivity index is 1.89. The fourth-order valence-corrected chi connectivity index (χ4v) is 3.61. The molecule has 0 saturated carbocycles. The average molecular weight is 345 g/mol. The van der Waals surface area contributed by atoms with Crippen LogP contribution >= 0.6 is 0 Å². The normalized spacial score (nSPS) is 11.7. The van der Waals surface area contributed by atoms with E-state index in [-0.39, 0.29) is 17.1 Å². The molecule has 8 heteroatoms.